The lowest BCUT2D eigenvalue weighted by Crippen LogP contribution is -2.39. The number of alkyl halides is 1. The van der Waals surface area contributed by atoms with E-state index in [2.05, 4.69) is 64.3 Å². The van der Waals surface area contributed by atoms with E-state index in [0.717, 1.165) is 114 Å². The van der Waals surface area contributed by atoms with Gasteiger partial charge in [0.2, 0.25) is 0 Å². The molecule has 0 radical (unpaired) electrons. The van der Waals surface area contributed by atoms with E-state index in [9.17, 15) is 14.0 Å². The number of aromatic nitrogens is 8. The van der Waals surface area contributed by atoms with Crippen molar-refractivity contribution in [1.29, 1.82) is 0 Å². The predicted octanol–water partition coefficient (Wildman–Crippen LogP) is 6.53. The smallest absolute Gasteiger partial charge is 0.407 e. The van der Waals surface area contributed by atoms with Crippen LogP contribution in [0.5, 0.6) is 0 Å². The molecule has 3 N–H and O–H groups in total. The molecule has 20 nitrogen and oxygen atoms in total. The molecule has 4 aliphatic heterocycles. The molecule has 394 valence electrons. The third-order valence-electron chi connectivity index (χ3n) is 11.6. The predicted molar refractivity (Wildman–Crippen MR) is 271 cm³/mol. The third-order valence-corrected chi connectivity index (χ3v) is 12.0. The largest absolute Gasteiger partial charge is 0.471 e. The molecular formula is C49H75BrFN11O9. The maximum atomic E-state index is 13.2. The van der Waals surface area contributed by atoms with Gasteiger partial charge in [-0.25, -0.2) is 19.2 Å². The van der Waals surface area contributed by atoms with Crippen molar-refractivity contribution < 1.29 is 47.2 Å². The Morgan fingerprint density at radius 1 is 0.958 bits per heavy atom. The fourth-order valence-corrected chi connectivity index (χ4v) is 8.50. The highest BCUT2D eigenvalue weighted by Gasteiger charge is 2.32. The van der Waals surface area contributed by atoms with Crippen molar-refractivity contribution in [2.24, 2.45) is 19.8 Å². The Morgan fingerprint density at radius 2 is 1.62 bits per heavy atom. The van der Waals surface area contributed by atoms with E-state index in [0.29, 0.717) is 64.4 Å². The number of aryl methyl sites for hydroxylation is 2. The number of fused-ring (bicyclic) bond motifs is 2. The van der Waals surface area contributed by atoms with Gasteiger partial charge < -0.3 is 53.5 Å². The molecule has 22 heteroatoms. The molecular weight excluding hydrogens is 986 g/mol. The zero-order valence-corrected chi connectivity index (χ0v) is 43.4. The Hall–Kier alpha value is -5.26. The zero-order valence-electron chi connectivity index (χ0n) is 41.8. The normalized spacial score (nSPS) is 18.0. The molecule has 3 unspecified atom stereocenters. The maximum absolute atomic E-state index is 13.2. The van der Waals surface area contributed by atoms with E-state index in [-0.39, 0.29) is 13.3 Å². The number of amides is 2. The van der Waals surface area contributed by atoms with E-state index in [1.165, 1.54) is 7.11 Å². The lowest BCUT2D eigenvalue weighted by atomic mass is 10.0. The number of imidazole rings is 2. The molecule has 0 saturated carbocycles. The van der Waals surface area contributed by atoms with Gasteiger partial charge in [0, 0.05) is 108 Å². The number of rotatable bonds is 11. The van der Waals surface area contributed by atoms with Crippen LogP contribution in [0, 0.1) is 0 Å². The first-order valence-corrected chi connectivity index (χ1v) is 24.4. The topological polar surface area (TPSA) is 219 Å². The molecule has 3 saturated heterocycles. The zero-order chi connectivity index (χ0) is 50.8. The van der Waals surface area contributed by atoms with Gasteiger partial charge in [-0.3, -0.25) is 19.0 Å². The van der Waals surface area contributed by atoms with Crippen molar-refractivity contribution >= 4 is 45.3 Å². The molecule has 0 aliphatic carbocycles. The van der Waals surface area contributed by atoms with Crippen LogP contribution in [-0.4, -0.2) is 154 Å². The molecule has 4 aliphatic rings. The summed E-state index contributed by atoms with van der Waals surface area (Å²) in [6, 6.07) is 6.21. The summed E-state index contributed by atoms with van der Waals surface area (Å²) in [6.45, 7) is 14.9. The summed E-state index contributed by atoms with van der Waals surface area (Å²) in [5.74, 6) is 2.08. The van der Waals surface area contributed by atoms with Gasteiger partial charge in [-0.05, 0) is 81.1 Å². The Morgan fingerprint density at radius 3 is 2.15 bits per heavy atom. The van der Waals surface area contributed by atoms with E-state index in [1.807, 2.05) is 64.2 Å². The van der Waals surface area contributed by atoms with Crippen LogP contribution >= 0.6 is 15.9 Å². The molecule has 3 atom stereocenters. The van der Waals surface area contributed by atoms with Gasteiger partial charge in [-0.15, -0.1) is 0 Å². The second-order valence-electron chi connectivity index (χ2n) is 18.0. The van der Waals surface area contributed by atoms with Crippen molar-refractivity contribution in [3.8, 4) is 22.5 Å². The Labute approximate surface area is 425 Å². The quantitative estimate of drug-likeness (QED) is 0.135. The summed E-state index contributed by atoms with van der Waals surface area (Å²) in [4.78, 5) is 43.9. The molecule has 8 heterocycles. The Kier molecular flexibility index (Phi) is 23.6. The molecule has 5 aromatic rings. The van der Waals surface area contributed by atoms with Crippen LogP contribution in [0.3, 0.4) is 0 Å². The van der Waals surface area contributed by atoms with Crippen molar-refractivity contribution in [1.82, 2.24) is 48.9 Å². The highest BCUT2D eigenvalue weighted by molar-refractivity contribution is 9.10. The first kappa shape index (κ1) is 58.3. The number of halogens is 2. The average Bonchev–Trinajstić information content (AvgIpc) is 4.22. The van der Waals surface area contributed by atoms with Gasteiger partial charge in [0.25, 0.3) is 12.4 Å². The number of nitrogens with zero attached hydrogens (tertiary/aromatic N) is 9. The van der Waals surface area contributed by atoms with Gasteiger partial charge >= 0.3 is 6.09 Å². The van der Waals surface area contributed by atoms with Crippen molar-refractivity contribution in [3.05, 3.63) is 58.7 Å². The maximum Gasteiger partial charge on any atom is 0.407 e. The number of hydrogen-bond donors (Lipinski definition) is 2. The molecule has 3 fully saturated rings. The van der Waals surface area contributed by atoms with E-state index >= 15 is 0 Å². The second kappa shape index (κ2) is 28.7. The van der Waals surface area contributed by atoms with Gasteiger partial charge in [0.15, 0.2) is 6.67 Å². The van der Waals surface area contributed by atoms with Gasteiger partial charge in [0.1, 0.15) is 27.5 Å². The molecule has 4 aromatic heterocycles. The molecule has 1 aromatic carbocycles. The summed E-state index contributed by atoms with van der Waals surface area (Å²) in [7, 11) is 6.85. The van der Waals surface area contributed by atoms with Crippen molar-refractivity contribution in [2.75, 3.05) is 80.2 Å². The number of benzene rings is 1. The Balaban J connectivity index is 0.000000251. The summed E-state index contributed by atoms with van der Waals surface area (Å²) < 4.78 is 52.0. The van der Waals surface area contributed by atoms with Crippen LogP contribution in [-0.2, 0) is 71.7 Å². The standard InChI is InChI=1S/C24H26FN7O2.C14H22BrN3O3.C5H10O2.C3H9N.C2H4O2.CH4/c1-29-12-17(11-26-29)22-18-9-15(3-4-19(18)30(2)28-22)23-20-13-31(21(33)10-25)6-7-32(20)24(27-23)16-5-8-34-14-16;1-14(2,3)21-13(19)16-5-6-18-8-11(15)17-12(18)10-4-7-20-9-10;1-6-5-2-3-7-4-5;1-2-3-4;1-4-2-3;/h3-4,9,11-12,16H,5-8,10,13-14H2,1-2H3;8,10H,4-7,9H2,1-3H3,(H,16,19);5H,2-4H2,1H3;2-4H2,1H3;2H,1H3;1H4. The number of methoxy groups -OCH3 is 2. The highest BCUT2D eigenvalue weighted by atomic mass is 79.9. The molecule has 9 rings (SSSR count). The SMILES string of the molecule is C.CC(C)(C)OC(=O)NCCn1cc(Br)nc1C1CCOC1.CCCN.COC1CCOC1.COC=O.Cn1cc(-c2nn(C)c3ccc(-c4nc(C5CCOC5)n5c4CN(C(=O)CF)CC5)cc23)cn1. The fourth-order valence-electron chi connectivity index (χ4n) is 8.08. The monoisotopic (exact) mass is 1060 g/mol. The van der Waals surface area contributed by atoms with Gasteiger partial charge in [-0.2, -0.15) is 10.2 Å². The lowest BCUT2D eigenvalue weighted by Gasteiger charge is -2.29. The summed E-state index contributed by atoms with van der Waals surface area (Å²) in [6.07, 6.45) is 9.75. The number of ether oxygens (including phenoxy) is 6. The minimum atomic E-state index is -0.983. The van der Waals surface area contributed by atoms with Crippen LogP contribution in [0.15, 0.2) is 41.4 Å². The summed E-state index contributed by atoms with van der Waals surface area (Å²) >= 11 is 3.41. The number of alkyl carbamates (subject to hydrolysis) is 1. The Bertz CT molecular complexity index is 2410. The first-order chi connectivity index (χ1) is 33.6. The van der Waals surface area contributed by atoms with Crippen LogP contribution in [0.4, 0.5) is 9.18 Å². The van der Waals surface area contributed by atoms with E-state index < -0.39 is 24.3 Å². The van der Waals surface area contributed by atoms with E-state index in [4.69, 9.17) is 44.3 Å². The molecule has 71 heavy (non-hydrogen) atoms. The van der Waals surface area contributed by atoms with E-state index in [1.54, 1.807) is 16.7 Å². The fraction of sp³-hybridized carbons (Fsp3) is 0.612. The lowest BCUT2D eigenvalue weighted by molar-refractivity contribution is -0.133. The van der Waals surface area contributed by atoms with Crippen LogP contribution < -0.4 is 11.1 Å². The number of carbonyl (C=O) groups excluding carboxylic acids is 3. The van der Waals surface area contributed by atoms with Gasteiger partial charge in [0.05, 0.1) is 62.7 Å². The first-order valence-electron chi connectivity index (χ1n) is 23.7. The number of hydrogen-bond acceptors (Lipinski definition) is 14. The summed E-state index contributed by atoms with van der Waals surface area (Å²) in [5, 5.41) is 12.8. The minimum Gasteiger partial charge on any atom is -0.471 e. The van der Waals surface area contributed by atoms with Crippen molar-refractivity contribution in [2.45, 2.75) is 104 Å². The second-order valence-corrected chi connectivity index (χ2v) is 18.8. The van der Waals surface area contributed by atoms with Crippen LogP contribution in [0.25, 0.3) is 33.4 Å². The summed E-state index contributed by atoms with van der Waals surface area (Å²) in [5.41, 5.74) is 10.1. The van der Waals surface area contributed by atoms with Crippen LogP contribution in [0.2, 0.25) is 0 Å². The van der Waals surface area contributed by atoms with Gasteiger partial charge in [-0.1, -0.05) is 20.4 Å². The molecule has 0 spiro atoms. The molecule has 0 bridgehead atoms. The number of nitrogens with one attached hydrogen (secondary N) is 1. The van der Waals surface area contributed by atoms with Crippen molar-refractivity contribution in [3.63, 3.8) is 0 Å². The molecule has 2 amide bonds. The number of nitrogens with two attached hydrogens (primary N) is 1. The third kappa shape index (κ3) is 16.6. The minimum absolute atomic E-state index is 0. The average molecular weight is 1060 g/mol. The number of carbonyl (C=O) groups is 3. The highest BCUT2D eigenvalue weighted by Crippen LogP contribution is 2.37. The van der Waals surface area contributed by atoms with Crippen LogP contribution in [0.1, 0.15) is 90.0 Å².